The Bertz CT molecular complexity index is 2400. The van der Waals surface area contributed by atoms with Crippen LogP contribution in [-0.4, -0.2) is 79.7 Å². The number of ether oxygens (including phenoxy) is 2. The molecule has 1 spiro atoms. The van der Waals surface area contributed by atoms with E-state index in [1.165, 1.54) is 7.11 Å². The molecule has 2 saturated heterocycles. The van der Waals surface area contributed by atoms with Crippen LogP contribution in [-0.2, 0) is 14.3 Å². The molecule has 3 fully saturated rings. The number of hydrogen-bond donors (Lipinski definition) is 3. The van der Waals surface area contributed by atoms with Gasteiger partial charge in [-0.3, -0.25) is 9.69 Å². The predicted octanol–water partition coefficient (Wildman–Crippen LogP) is 8.54. The van der Waals surface area contributed by atoms with Gasteiger partial charge in [-0.25, -0.2) is 19.6 Å². The van der Waals surface area contributed by atoms with Gasteiger partial charge < -0.3 is 29.7 Å². The van der Waals surface area contributed by atoms with Crippen molar-refractivity contribution in [1.29, 1.82) is 5.26 Å². The van der Waals surface area contributed by atoms with Crippen molar-refractivity contribution < 1.29 is 23.9 Å². The Kier molecular flexibility index (Phi) is 9.99. The van der Waals surface area contributed by atoms with Gasteiger partial charge in [0.2, 0.25) is 5.91 Å². The Morgan fingerprint density at radius 1 is 0.862 bits per heavy atom. The topological polar surface area (TPSA) is 169 Å². The molecular weight excluding hydrogens is 733 g/mol. The molecular formula is C45H50N8O5. The van der Waals surface area contributed by atoms with Gasteiger partial charge in [-0.05, 0) is 97.4 Å². The molecule has 4 heterocycles. The second-order valence-corrected chi connectivity index (χ2v) is 17.5. The van der Waals surface area contributed by atoms with Crippen LogP contribution in [0.1, 0.15) is 84.0 Å². The average molecular weight is 783 g/mol. The van der Waals surface area contributed by atoms with E-state index < -0.39 is 23.8 Å². The van der Waals surface area contributed by atoms with Crippen molar-refractivity contribution in [2.45, 2.75) is 84.0 Å². The highest BCUT2D eigenvalue weighted by atomic mass is 16.6. The number of carbonyl (C=O) groups is 3. The first-order valence-electron chi connectivity index (χ1n) is 20.0. The third kappa shape index (κ3) is 7.75. The monoisotopic (exact) mass is 782 g/mol. The van der Waals surface area contributed by atoms with E-state index in [1.807, 2.05) is 45.7 Å². The number of alkyl carbamates (subject to hydrolysis) is 1. The maximum Gasteiger partial charge on any atom is 0.410 e. The number of fused-ring (bicyclic) bond motifs is 1. The molecule has 13 nitrogen and oxygen atoms in total. The lowest BCUT2D eigenvalue weighted by molar-refractivity contribution is -0.135. The van der Waals surface area contributed by atoms with E-state index in [4.69, 9.17) is 14.5 Å². The van der Waals surface area contributed by atoms with E-state index in [-0.39, 0.29) is 35.2 Å². The van der Waals surface area contributed by atoms with Crippen LogP contribution in [0.25, 0.3) is 44.4 Å². The fourth-order valence-corrected chi connectivity index (χ4v) is 8.40. The van der Waals surface area contributed by atoms with Crippen LogP contribution in [0.3, 0.4) is 0 Å². The first-order chi connectivity index (χ1) is 27.7. The first-order valence-corrected chi connectivity index (χ1v) is 20.0. The van der Waals surface area contributed by atoms with Crippen LogP contribution in [0.5, 0.6) is 0 Å². The maximum absolute atomic E-state index is 13.9. The van der Waals surface area contributed by atoms with E-state index in [9.17, 15) is 19.6 Å². The number of hydrogen-bond acceptors (Lipinski definition) is 8. The Hall–Kier alpha value is -6.16. The minimum atomic E-state index is -0.686. The molecule has 3 amide bonds. The number of likely N-dealkylation sites (tertiary alicyclic amines) is 2. The van der Waals surface area contributed by atoms with Gasteiger partial charge in [-0.1, -0.05) is 62.4 Å². The SMILES string of the molecule is COC(=O)N[C@H](C(=O)N1CC2(CC2)C[C@H]1c1ncc(-c2ccc(-c3ccc4cc(-c5cnc([C@@H]6C[C@H](C#N)CN6C(=O)OC(C)(C)C)[nH]5)ccc4c3)cc2)[nH]1)C(C)C. The van der Waals surface area contributed by atoms with E-state index in [0.29, 0.717) is 25.3 Å². The summed E-state index contributed by atoms with van der Waals surface area (Å²) in [4.78, 5) is 58.8. The van der Waals surface area contributed by atoms with E-state index >= 15 is 0 Å². The number of nitrogens with zero attached hydrogens (tertiary/aromatic N) is 5. The smallest absolute Gasteiger partial charge is 0.410 e. The molecule has 8 rings (SSSR count). The zero-order valence-electron chi connectivity index (χ0n) is 33.8. The van der Waals surface area contributed by atoms with E-state index in [0.717, 1.165) is 69.5 Å². The fourth-order valence-electron chi connectivity index (χ4n) is 8.40. The number of imidazole rings is 2. The summed E-state index contributed by atoms with van der Waals surface area (Å²) in [5, 5.41) is 14.5. The summed E-state index contributed by atoms with van der Waals surface area (Å²) in [7, 11) is 1.30. The number of rotatable bonds is 8. The van der Waals surface area contributed by atoms with Crippen LogP contribution in [0.4, 0.5) is 9.59 Å². The van der Waals surface area contributed by atoms with Crippen molar-refractivity contribution >= 4 is 28.9 Å². The number of aromatic amines is 2. The molecule has 2 aliphatic heterocycles. The van der Waals surface area contributed by atoms with Gasteiger partial charge in [-0.2, -0.15) is 5.26 Å². The number of nitrogens with one attached hydrogen (secondary N) is 3. The highest BCUT2D eigenvalue weighted by Crippen LogP contribution is 2.58. The van der Waals surface area contributed by atoms with Crippen molar-refractivity contribution in [3.05, 3.63) is 84.7 Å². The number of nitriles is 1. The van der Waals surface area contributed by atoms with Gasteiger partial charge in [0.15, 0.2) is 0 Å². The Balaban J connectivity index is 0.964. The minimum Gasteiger partial charge on any atom is -0.453 e. The van der Waals surface area contributed by atoms with Crippen LogP contribution in [0.15, 0.2) is 73.1 Å². The zero-order chi connectivity index (χ0) is 40.9. The summed E-state index contributed by atoms with van der Waals surface area (Å²) in [5.41, 5.74) is 5.32. The zero-order valence-corrected chi connectivity index (χ0v) is 33.8. The highest BCUT2D eigenvalue weighted by molar-refractivity contribution is 5.91. The molecule has 0 bridgehead atoms. The summed E-state index contributed by atoms with van der Waals surface area (Å²) >= 11 is 0. The predicted molar refractivity (Wildman–Crippen MR) is 219 cm³/mol. The summed E-state index contributed by atoms with van der Waals surface area (Å²) < 4.78 is 10.5. The lowest BCUT2D eigenvalue weighted by Gasteiger charge is -2.30. The molecule has 0 unspecified atom stereocenters. The largest absolute Gasteiger partial charge is 0.453 e. The molecule has 13 heteroatoms. The summed E-state index contributed by atoms with van der Waals surface area (Å²) in [6.45, 7) is 10.3. The van der Waals surface area contributed by atoms with Crippen LogP contribution in [0.2, 0.25) is 0 Å². The quantitative estimate of drug-likeness (QED) is 0.141. The minimum absolute atomic E-state index is 0.104. The number of methoxy groups -OCH3 is 1. The van der Waals surface area contributed by atoms with Crippen LogP contribution >= 0.6 is 0 Å². The Morgan fingerprint density at radius 2 is 1.45 bits per heavy atom. The molecule has 1 aliphatic carbocycles. The molecule has 3 aromatic carbocycles. The standard InChI is InChI=1S/C45H50N8O5/c1-26(2)38(51-42(55)57-6)41(54)53-25-45(15-16-45)20-37(53)40-48-22-34(49-40)29-9-7-28(8-10-29)30-11-12-32-19-33(14-13-31(32)18-30)35-23-47-39(50-35)36-17-27(21-46)24-52(36)43(56)58-44(3,4)5/h7-14,18-19,22-23,26-27,36-38H,15-17,20,24-25H2,1-6H3,(H,47,50)(H,48,49)(H,51,55)/t27-,36+,37+,38+/m1/s1. The van der Waals surface area contributed by atoms with E-state index in [2.05, 4.69) is 87.0 Å². The molecule has 5 aromatic rings. The molecule has 4 atom stereocenters. The summed E-state index contributed by atoms with van der Waals surface area (Å²) in [6, 6.07) is 22.1. The molecule has 300 valence electrons. The van der Waals surface area contributed by atoms with Crippen molar-refractivity contribution in [3.8, 4) is 39.7 Å². The molecule has 2 aromatic heterocycles. The van der Waals surface area contributed by atoms with Gasteiger partial charge in [0.05, 0.1) is 55.0 Å². The van der Waals surface area contributed by atoms with Crippen LogP contribution in [0, 0.1) is 28.6 Å². The molecule has 3 N–H and O–H groups in total. The molecule has 1 saturated carbocycles. The van der Waals surface area contributed by atoms with Gasteiger partial charge in [-0.15, -0.1) is 0 Å². The van der Waals surface area contributed by atoms with Crippen molar-refractivity contribution in [1.82, 2.24) is 35.1 Å². The lowest BCUT2D eigenvalue weighted by atomic mass is 9.98. The van der Waals surface area contributed by atoms with Gasteiger partial charge in [0.1, 0.15) is 23.3 Å². The van der Waals surface area contributed by atoms with Crippen molar-refractivity contribution in [3.63, 3.8) is 0 Å². The fraction of sp³-hybridized carbons (Fsp3) is 0.422. The summed E-state index contributed by atoms with van der Waals surface area (Å²) in [5.74, 6) is 0.886. The second-order valence-electron chi connectivity index (χ2n) is 17.5. The summed E-state index contributed by atoms with van der Waals surface area (Å²) in [6.07, 6.45) is 6.07. The number of amides is 3. The molecule has 0 radical (unpaired) electrons. The third-order valence-corrected chi connectivity index (χ3v) is 11.8. The average Bonchev–Trinajstić information content (AvgIpc) is 3.71. The van der Waals surface area contributed by atoms with Crippen molar-refractivity contribution in [2.75, 3.05) is 20.2 Å². The lowest BCUT2D eigenvalue weighted by Crippen LogP contribution is -2.51. The van der Waals surface area contributed by atoms with E-state index in [1.54, 1.807) is 11.1 Å². The number of benzene rings is 3. The number of carbonyl (C=O) groups excluding carboxylic acids is 3. The number of H-pyrrole nitrogens is 2. The van der Waals surface area contributed by atoms with Gasteiger partial charge >= 0.3 is 12.2 Å². The maximum atomic E-state index is 13.9. The Morgan fingerprint density at radius 3 is 2.05 bits per heavy atom. The highest BCUT2D eigenvalue weighted by Gasteiger charge is 2.55. The third-order valence-electron chi connectivity index (χ3n) is 11.8. The van der Waals surface area contributed by atoms with Gasteiger partial charge in [0, 0.05) is 18.7 Å². The van der Waals surface area contributed by atoms with Crippen LogP contribution < -0.4 is 5.32 Å². The Labute approximate surface area is 338 Å². The normalized spacial score (nSPS) is 20.3. The first kappa shape index (κ1) is 38.7. The second kappa shape index (κ2) is 15.0. The van der Waals surface area contributed by atoms with Crippen molar-refractivity contribution in [2.24, 2.45) is 17.3 Å². The molecule has 58 heavy (non-hydrogen) atoms. The van der Waals surface area contributed by atoms with Gasteiger partial charge in [0.25, 0.3) is 0 Å². The molecule has 3 aliphatic rings. The number of aromatic nitrogens is 4.